The number of rotatable bonds is 4. The lowest BCUT2D eigenvalue weighted by Gasteiger charge is -2.20. The fourth-order valence-electron chi connectivity index (χ4n) is 2.25. The number of nitrogens with one attached hydrogen (secondary N) is 1. The van der Waals surface area contributed by atoms with E-state index in [1.807, 2.05) is 0 Å². The normalized spacial score (nSPS) is 15.7. The molecule has 0 bridgehead atoms. The predicted molar refractivity (Wildman–Crippen MR) is 79.1 cm³/mol. The average molecular weight is 274 g/mol. The summed E-state index contributed by atoms with van der Waals surface area (Å²) in [4.78, 5) is 11.8. The lowest BCUT2D eigenvalue weighted by molar-refractivity contribution is -0.113. The molecule has 0 heterocycles. The highest BCUT2D eigenvalue weighted by atomic mass is 32.2. The molecule has 19 heavy (non-hydrogen) atoms. The van der Waals surface area contributed by atoms with Crippen LogP contribution in [0.25, 0.3) is 0 Å². The second kappa shape index (κ2) is 7.20. The molecule has 0 unspecified atom stereocenters. The molecule has 100 valence electrons. The molecular weight excluding hydrogens is 256 g/mol. The van der Waals surface area contributed by atoms with Crippen LogP contribution < -0.4 is 5.32 Å². The number of thioether (sulfide) groups is 1. The van der Waals surface area contributed by atoms with E-state index in [9.17, 15) is 4.79 Å². The van der Waals surface area contributed by atoms with E-state index in [2.05, 4.69) is 11.4 Å². The molecule has 3 nitrogen and oxygen atoms in total. The van der Waals surface area contributed by atoms with Gasteiger partial charge in [-0.2, -0.15) is 5.26 Å². The first kappa shape index (κ1) is 14.0. The topological polar surface area (TPSA) is 52.9 Å². The van der Waals surface area contributed by atoms with Crippen LogP contribution in [0.5, 0.6) is 0 Å². The van der Waals surface area contributed by atoms with Crippen LogP contribution in [0.3, 0.4) is 0 Å². The molecule has 0 radical (unpaired) electrons. The summed E-state index contributed by atoms with van der Waals surface area (Å²) in [6.45, 7) is 0. The van der Waals surface area contributed by atoms with Crippen LogP contribution in [-0.2, 0) is 4.79 Å². The third kappa shape index (κ3) is 4.60. The summed E-state index contributed by atoms with van der Waals surface area (Å²) in [5.74, 6) is 0.560. The number of benzene rings is 1. The van der Waals surface area contributed by atoms with Crippen LogP contribution in [0.2, 0.25) is 0 Å². The first-order chi connectivity index (χ1) is 9.28. The van der Waals surface area contributed by atoms with Crippen LogP contribution in [-0.4, -0.2) is 16.9 Å². The monoisotopic (exact) mass is 274 g/mol. The highest BCUT2D eigenvalue weighted by Crippen LogP contribution is 2.28. The molecule has 0 atom stereocenters. The van der Waals surface area contributed by atoms with Crippen molar-refractivity contribution in [2.24, 2.45) is 0 Å². The van der Waals surface area contributed by atoms with Gasteiger partial charge in [0.25, 0.3) is 0 Å². The molecule has 1 aromatic rings. The zero-order valence-electron chi connectivity index (χ0n) is 10.9. The molecule has 1 saturated carbocycles. The fourth-order valence-corrected chi connectivity index (χ4v) is 3.38. The van der Waals surface area contributed by atoms with Gasteiger partial charge in [0.15, 0.2) is 0 Å². The van der Waals surface area contributed by atoms with E-state index in [0.29, 0.717) is 16.6 Å². The summed E-state index contributed by atoms with van der Waals surface area (Å²) in [7, 11) is 0. The van der Waals surface area contributed by atoms with Crippen LogP contribution in [0.4, 0.5) is 5.69 Å². The van der Waals surface area contributed by atoms with Crippen molar-refractivity contribution in [1.82, 2.24) is 0 Å². The van der Waals surface area contributed by atoms with Gasteiger partial charge in [0, 0.05) is 10.9 Å². The van der Waals surface area contributed by atoms with Crippen molar-refractivity contribution in [3.05, 3.63) is 29.8 Å². The van der Waals surface area contributed by atoms with Crippen molar-refractivity contribution in [3.8, 4) is 6.07 Å². The lowest BCUT2D eigenvalue weighted by Crippen LogP contribution is -2.17. The van der Waals surface area contributed by atoms with Gasteiger partial charge in [0.1, 0.15) is 0 Å². The van der Waals surface area contributed by atoms with Gasteiger partial charge in [-0.25, -0.2) is 0 Å². The maximum atomic E-state index is 11.8. The number of hydrogen-bond donors (Lipinski definition) is 1. The number of nitriles is 1. The first-order valence-electron chi connectivity index (χ1n) is 6.69. The Balaban J connectivity index is 1.75. The van der Waals surface area contributed by atoms with Gasteiger partial charge in [0.2, 0.25) is 5.91 Å². The smallest absolute Gasteiger partial charge is 0.234 e. The molecule has 1 aromatic carbocycles. The van der Waals surface area contributed by atoms with Gasteiger partial charge in [-0.1, -0.05) is 19.3 Å². The Morgan fingerprint density at radius 1 is 1.26 bits per heavy atom. The molecule has 0 spiro atoms. The van der Waals surface area contributed by atoms with Crippen LogP contribution in [0.15, 0.2) is 24.3 Å². The number of carbonyl (C=O) groups excluding carboxylic acids is 1. The molecule has 1 N–H and O–H groups in total. The molecule has 4 heteroatoms. The molecule has 0 saturated heterocycles. The third-order valence-corrected chi connectivity index (χ3v) is 4.67. The summed E-state index contributed by atoms with van der Waals surface area (Å²) >= 11 is 1.77. The van der Waals surface area contributed by atoms with Crippen molar-refractivity contribution in [3.63, 3.8) is 0 Å². The first-order valence-corrected chi connectivity index (χ1v) is 7.74. The van der Waals surface area contributed by atoms with Crippen molar-refractivity contribution >= 4 is 23.4 Å². The van der Waals surface area contributed by atoms with Crippen molar-refractivity contribution < 1.29 is 4.79 Å². The van der Waals surface area contributed by atoms with E-state index >= 15 is 0 Å². The fraction of sp³-hybridized carbons (Fsp3) is 0.467. The number of carbonyl (C=O) groups is 1. The van der Waals surface area contributed by atoms with Gasteiger partial charge in [-0.05, 0) is 37.1 Å². The molecule has 0 aromatic heterocycles. The lowest BCUT2D eigenvalue weighted by atomic mass is 10.0. The van der Waals surface area contributed by atoms with E-state index in [0.717, 1.165) is 5.69 Å². The second-order valence-corrected chi connectivity index (χ2v) is 6.10. The van der Waals surface area contributed by atoms with Gasteiger partial charge in [-0.15, -0.1) is 11.8 Å². The zero-order valence-corrected chi connectivity index (χ0v) is 11.7. The van der Waals surface area contributed by atoms with Crippen LogP contribution in [0, 0.1) is 11.3 Å². The Bertz CT molecular complexity index is 458. The SMILES string of the molecule is N#Cc1ccc(NC(=O)CSC2CCCCC2)cc1. The highest BCUT2D eigenvalue weighted by Gasteiger charge is 2.15. The summed E-state index contributed by atoms with van der Waals surface area (Å²) in [5, 5.41) is 12.2. The van der Waals surface area contributed by atoms with E-state index in [1.54, 1.807) is 36.0 Å². The number of hydrogen-bond acceptors (Lipinski definition) is 3. The largest absolute Gasteiger partial charge is 0.325 e. The third-order valence-electron chi connectivity index (χ3n) is 3.30. The molecule has 0 aliphatic heterocycles. The van der Waals surface area contributed by atoms with Gasteiger partial charge < -0.3 is 5.32 Å². The molecule has 1 aliphatic rings. The quantitative estimate of drug-likeness (QED) is 0.913. The highest BCUT2D eigenvalue weighted by molar-refractivity contribution is 8.00. The summed E-state index contributed by atoms with van der Waals surface area (Å²) < 4.78 is 0. The summed E-state index contributed by atoms with van der Waals surface area (Å²) in [6.07, 6.45) is 6.43. The Labute approximate surface area is 118 Å². The van der Waals surface area contributed by atoms with Gasteiger partial charge in [-0.3, -0.25) is 4.79 Å². The Hall–Kier alpha value is -1.47. The van der Waals surface area contributed by atoms with Gasteiger partial charge in [0.05, 0.1) is 17.4 Å². The Morgan fingerprint density at radius 3 is 2.58 bits per heavy atom. The average Bonchev–Trinajstić information content (AvgIpc) is 2.47. The molecule has 1 fully saturated rings. The maximum Gasteiger partial charge on any atom is 0.234 e. The number of nitrogens with zero attached hydrogens (tertiary/aromatic N) is 1. The number of amides is 1. The molecular formula is C15H18N2OS. The second-order valence-electron chi connectivity index (χ2n) is 4.81. The Kier molecular flexibility index (Phi) is 5.29. The predicted octanol–water partition coefficient (Wildman–Crippen LogP) is 3.56. The van der Waals surface area contributed by atoms with Crippen molar-refractivity contribution in [2.75, 3.05) is 11.1 Å². The Morgan fingerprint density at radius 2 is 1.95 bits per heavy atom. The summed E-state index contributed by atoms with van der Waals surface area (Å²) in [6, 6.07) is 9.01. The molecule has 1 amide bonds. The summed E-state index contributed by atoms with van der Waals surface area (Å²) in [5.41, 5.74) is 1.36. The van der Waals surface area contributed by atoms with Crippen LogP contribution in [0.1, 0.15) is 37.7 Å². The van der Waals surface area contributed by atoms with Gasteiger partial charge >= 0.3 is 0 Å². The van der Waals surface area contributed by atoms with Crippen molar-refractivity contribution in [1.29, 1.82) is 5.26 Å². The van der Waals surface area contributed by atoms with E-state index in [1.165, 1.54) is 32.1 Å². The molecule has 2 rings (SSSR count). The minimum absolute atomic E-state index is 0.0419. The zero-order chi connectivity index (χ0) is 13.5. The van der Waals surface area contributed by atoms with E-state index < -0.39 is 0 Å². The van der Waals surface area contributed by atoms with Crippen molar-refractivity contribution in [2.45, 2.75) is 37.4 Å². The number of anilines is 1. The van der Waals surface area contributed by atoms with Crippen LogP contribution >= 0.6 is 11.8 Å². The van der Waals surface area contributed by atoms with E-state index in [-0.39, 0.29) is 5.91 Å². The minimum Gasteiger partial charge on any atom is -0.325 e. The minimum atomic E-state index is 0.0419. The standard InChI is InChI=1S/C15H18N2OS/c16-10-12-6-8-13(9-7-12)17-15(18)11-19-14-4-2-1-3-5-14/h6-9,14H,1-5,11H2,(H,17,18). The van der Waals surface area contributed by atoms with E-state index in [4.69, 9.17) is 5.26 Å². The maximum absolute atomic E-state index is 11.8. The molecule has 1 aliphatic carbocycles.